The minimum atomic E-state index is 0.0417. The van der Waals surface area contributed by atoms with E-state index in [1.165, 1.54) is 11.8 Å². The van der Waals surface area contributed by atoms with Gasteiger partial charge in [-0.2, -0.15) is 0 Å². The Morgan fingerprint density at radius 3 is 2.63 bits per heavy atom. The van der Waals surface area contributed by atoms with Crippen LogP contribution in [0.4, 0.5) is 0 Å². The fraction of sp³-hybridized carbons (Fsp3) is 0.211. The van der Waals surface area contributed by atoms with Gasteiger partial charge in [0.25, 0.3) is 0 Å². The first-order valence-electron chi connectivity index (χ1n) is 8.22. The molecule has 2 aromatic carbocycles. The van der Waals surface area contributed by atoms with E-state index < -0.39 is 0 Å². The number of benzene rings is 2. The molecule has 8 heteroatoms. The number of methoxy groups -OCH3 is 1. The van der Waals surface area contributed by atoms with Crippen LogP contribution in [-0.4, -0.2) is 33.4 Å². The zero-order chi connectivity index (χ0) is 19.4. The topological polar surface area (TPSA) is 57.0 Å². The molecule has 0 atom stereocenters. The summed E-state index contributed by atoms with van der Waals surface area (Å²) in [4.78, 5) is 12.4. The van der Waals surface area contributed by atoms with Crippen LogP contribution in [0.1, 0.15) is 17.3 Å². The lowest BCUT2D eigenvalue weighted by molar-refractivity contribution is 0.102. The van der Waals surface area contributed by atoms with Crippen LogP contribution in [0.25, 0.3) is 11.4 Å². The van der Waals surface area contributed by atoms with Gasteiger partial charge in [-0.3, -0.25) is 4.79 Å². The van der Waals surface area contributed by atoms with E-state index in [4.69, 9.17) is 16.3 Å². The Bertz CT molecular complexity index is 960. The average molecular weight is 467 g/mol. The third kappa shape index (κ3) is 4.54. The van der Waals surface area contributed by atoms with Crippen molar-refractivity contribution in [1.29, 1.82) is 0 Å². The summed E-state index contributed by atoms with van der Waals surface area (Å²) in [5.41, 5.74) is 1.44. The second kappa shape index (κ2) is 8.91. The highest BCUT2D eigenvalue weighted by Gasteiger charge is 2.18. The van der Waals surface area contributed by atoms with Crippen molar-refractivity contribution in [2.75, 3.05) is 12.9 Å². The van der Waals surface area contributed by atoms with E-state index in [0.29, 0.717) is 33.9 Å². The van der Waals surface area contributed by atoms with E-state index in [-0.39, 0.29) is 11.5 Å². The number of hydrogen-bond acceptors (Lipinski definition) is 5. The van der Waals surface area contributed by atoms with Gasteiger partial charge in [0.2, 0.25) is 0 Å². The maximum Gasteiger partial charge on any atom is 0.191 e. The lowest BCUT2D eigenvalue weighted by Gasteiger charge is -2.11. The maximum absolute atomic E-state index is 12.4. The number of halogens is 2. The summed E-state index contributed by atoms with van der Waals surface area (Å²) >= 11 is 10.9. The Balaban J connectivity index is 1.83. The summed E-state index contributed by atoms with van der Waals surface area (Å²) in [6.45, 7) is 2.66. The number of rotatable bonds is 7. The van der Waals surface area contributed by atoms with Gasteiger partial charge in [-0.15, -0.1) is 10.2 Å². The molecule has 1 aromatic heterocycles. The Kier molecular flexibility index (Phi) is 6.57. The smallest absolute Gasteiger partial charge is 0.191 e. The van der Waals surface area contributed by atoms with Crippen LogP contribution in [0.5, 0.6) is 5.75 Å². The van der Waals surface area contributed by atoms with Crippen molar-refractivity contribution >= 4 is 45.1 Å². The van der Waals surface area contributed by atoms with Crippen molar-refractivity contribution in [3.63, 3.8) is 0 Å². The molecule has 0 fully saturated rings. The Morgan fingerprint density at radius 2 is 1.96 bits per heavy atom. The number of hydrogen-bond donors (Lipinski definition) is 0. The summed E-state index contributed by atoms with van der Waals surface area (Å²) in [5, 5.41) is 9.85. The minimum Gasteiger partial charge on any atom is -0.496 e. The molecule has 0 aliphatic rings. The van der Waals surface area contributed by atoms with Gasteiger partial charge in [-0.25, -0.2) is 0 Å². The number of nitrogens with zero attached hydrogens (tertiary/aromatic N) is 3. The van der Waals surface area contributed by atoms with Crippen LogP contribution in [0.15, 0.2) is 52.1 Å². The van der Waals surface area contributed by atoms with Gasteiger partial charge in [0, 0.05) is 21.6 Å². The molecule has 0 unspecified atom stereocenters. The fourth-order valence-electron chi connectivity index (χ4n) is 2.58. The Hall–Kier alpha value is -1.83. The molecule has 0 radical (unpaired) electrons. The van der Waals surface area contributed by atoms with E-state index in [2.05, 4.69) is 26.1 Å². The second-order valence-corrected chi connectivity index (χ2v) is 7.91. The average Bonchev–Trinajstić information content (AvgIpc) is 3.09. The molecule has 1 heterocycles. The van der Waals surface area contributed by atoms with Crippen LogP contribution in [0.3, 0.4) is 0 Å². The summed E-state index contributed by atoms with van der Waals surface area (Å²) in [5.74, 6) is 1.66. The highest BCUT2D eigenvalue weighted by atomic mass is 79.9. The van der Waals surface area contributed by atoms with Gasteiger partial charge >= 0.3 is 0 Å². The van der Waals surface area contributed by atoms with Gasteiger partial charge in [-0.1, -0.05) is 51.4 Å². The monoisotopic (exact) mass is 465 g/mol. The Labute approximate surface area is 175 Å². The molecule has 0 spiro atoms. The van der Waals surface area contributed by atoms with Crippen molar-refractivity contribution in [3.05, 3.63) is 57.5 Å². The molecular weight excluding hydrogens is 450 g/mol. The minimum absolute atomic E-state index is 0.0417. The molecule has 3 aromatic rings. The highest BCUT2D eigenvalue weighted by Crippen LogP contribution is 2.33. The highest BCUT2D eigenvalue weighted by molar-refractivity contribution is 9.10. The summed E-state index contributed by atoms with van der Waals surface area (Å²) < 4.78 is 8.32. The molecule has 0 N–H and O–H groups in total. The van der Waals surface area contributed by atoms with Gasteiger partial charge in [0.05, 0.1) is 18.4 Å². The van der Waals surface area contributed by atoms with Crippen molar-refractivity contribution in [1.82, 2.24) is 14.8 Å². The largest absolute Gasteiger partial charge is 0.496 e. The third-order valence-electron chi connectivity index (χ3n) is 3.93. The first-order chi connectivity index (χ1) is 13.0. The molecule has 140 valence electrons. The quantitative estimate of drug-likeness (QED) is 0.346. The first kappa shape index (κ1) is 19.9. The number of Topliss-reactive ketones (excluding diaryl/α,β-unsaturated/α-hetero) is 1. The summed E-state index contributed by atoms with van der Waals surface area (Å²) in [7, 11) is 1.60. The molecular formula is C19H17BrClN3O2S. The van der Waals surface area contributed by atoms with E-state index >= 15 is 0 Å². The maximum atomic E-state index is 12.4. The lowest BCUT2D eigenvalue weighted by Crippen LogP contribution is -2.05. The van der Waals surface area contributed by atoms with Crippen LogP contribution >= 0.6 is 39.3 Å². The second-order valence-electron chi connectivity index (χ2n) is 5.61. The van der Waals surface area contributed by atoms with Crippen LogP contribution < -0.4 is 4.74 Å². The predicted octanol–water partition coefficient (Wildman–Crippen LogP) is 5.36. The van der Waals surface area contributed by atoms with Gasteiger partial charge in [0.15, 0.2) is 16.8 Å². The molecule has 0 aliphatic heterocycles. The number of carbonyl (C=O) groups excluding carboxylic acids is 1. The van der Waals surface area contributed by atoms with Crippen LogP contribution in [0.2, 0.25) is 5.02 Å². The van der Waals surface area contributed by atoms with Crippen molar-refractivity contribution in [2.45, 2.75) is 18.6 Å². The normalized spacial score (nSPS) is 10.8. The molecule has 0 bridgehead atoms. The van der Waals surface area contributed by atoms with Crippen LogP contribution in [-0.2, 0) is 6.54 Å². The molecule has 0 amide bonds. The standard InChI is InChI=1S/C19H17BrClN3O2S/c1-3-24-18(15-10-14(21)8-9-17(15)26-2)22-23-19(24)27-11-16(25)12-4-6-13(20)7-5-12/h4-10H,3,11H2,1-2H3. The molecule has 0 saturated carbocycles. The van der Waals surface area contributed by atoms with E-state index in [1.54, 1.807) is 37.4 Å². The van der Waals surface area contributed by atoms with E-state index in [1.807, 2.05) is 23.6 Å². The number of ketones is 1. The lowest BCUT2D eigenvalue weighted by atomic mass is 10.2. The SMILES string of the molecule is CCn1c(SCC(=O)c2ccc(Br)cc2)nnc1-c1cc(Cl)ccc1OC. The first-order valence-corrected chi connectivity index (χ1v) is 10.4. The van der Waals surface area contributed by atoms with Crippen molar-refractivity contribution in [2.24, 2.45) is 0 Å². The fourth-order valence-corrected chi connectivity index (χ4v) is 3.92. The molecule has 0 saturated heterocycles. The number of aromatic nitrogens is 3. The van der Waals surface area contributed by atoms with Gasteiger partial charge in [0.1, 0.15) is 5.75 Å². The van der Waals surface area contributed by atoms with E-state index in [0.717, 1.165) is 10.0 Å². The Morgan fingerprint density at radius 1 is 1.22 bits per heavy atom. The summed E-state index contributed by atoms with van der Waals surface area (Å²) in [6.07, 6.45) is 0. The van der Waals surface area contributed by atoms with Gasteiger partial charge in [-0.05, 0) is 37.3 Å². The number of thioether (sulfide) groups is 1. The predicted molar refractivity (Wildman–Crippen MR) is 112 cm³/mol. The summed E-state index contributed by atoms with van der Waals surface area (Å²) in [6, 6.07) is 12.7. The number of carbonyl (C=O) groups is 1. The number of ether oxygens (including phenoxy) is 1. The van der Waals surface area contributed by atoms with Gasteiger partial charge < -0.3 is 9.30 Å². The zero-order valence-electron chi connectivity index (χ0n) is 14.8. The van der Waals surface area contributed by atoms with Crippen molar-refractivity contribution < 1.29 is 9.53 Å². The molecule has 0 aliphatic carbocycles. The molecule has 27 heavy (non-hydrogen) atoms. The third-order valence-corrected chi connectivity index (χ3v) is 5.66. The van der Waals surface area contributed by atoms with E-state index in [9.17, 15) is 4.79 Å². The molecule has 5 nitrogen and oxygen atoms in total. The van der Waals surface area contributed by atoms with Crippen LogP contribution in [0, 0.1) is 0 Å². The zero-order valence-corrected chi connectivity index (χ0v) is 17.9. The molecule has 3 rings (SSSR count). The van der Waals surface area contributed by atoms with Crippen molar-refractivity contribution in [3.8, 4) is 17.1 Å².